The number of aliphatic hydroxyl groups excluding tert-OH is 1. The Kier molecular flexibility index (Phi) is 3.01. The number of hydrogen-bond donors (Lipinski definition) is 1. The molecule has 3 aliphatic rings. The van der Waals surface area contributed by atoms with Crippen molar-refractivity contribution in [3.63, 3.8) is 0 Å². The molecular formula is C16H24O3. The Morgan fingerprint density at radius 1 is 1.32 bits per heavy atom. The van der Waals surface area contributed by atoms with Gasteiger partial charge >= 0.3 is 5.97 Å². The lowest BCUT2D eigenvalue weighted by Gasteiger charge is -2.29. The van der Waals surface area contributed by atoms with E-state index in [2.05, 4.69) is 13.5 Å². The van der Waals surface area contributed by atoms with Crippen LogP contribution in [0.5, 0.6) is 0 Å². The first kappa shape index (κ1) is 13.2. The van der Waals surface area contributed by atoms with Gasteiger partial charge in [-0.2, -0.15) is 0 Å². The summed E-state index contributed by atoms with van der Waals surface area (Å²) in [6.07, 6.45) is 4.82. The van der Waals surface area contributed by atoms with Crippen LogP contribution in [0, 0.1) is 23.7 Å². The fraction of sp³-hybridized carbons (Fsp3) is 0.812. The van der Waals surface area contributed by atoms with Crippen molar-refractivity contribution >= 4 is 5.97 Å². The zero-order valence-corrected chi connectivity index (χ0v) is 11.9. The molecule has 3 fully saturated rings. The highest BCUT2D eigenvalue weighted by Gasteiger charge is 2.60. The molecule has 0 aromatic carbocycles. The zero-order chi connectivity index (χ0) is 13.8. The van der Waals surface area contributed by atoms with Crippen molar-refractivity contribution in [2.24, 2.45) is 23.7 Å². The zero-order valence-electron chi connectivity index (χ0n) is 11.9. The van der Waals surface area contributed by atoms with E-state index in [1.807, 2.05) is 0 Å². The first-order valence-corrected chi connectivity index (χ1v) is 7.52. The van der Waals surface area contributed by atoms with Crippen LogP contribution in [0.4, 0.5) is 0 Å². The number of fused-ring (bicyclic) bond motifs is 5. The summed E-state index contributed by atoms with van der Waals surface area (Å²) in [6, 6.07) is 0. The first-order chi connectivity index (χ1) is 8.96. The third kappa shape index (κ3) is 1.94. The number of rotatable bonds is 3. The average molecular weight is 264 g/mol. The van der Waals surface area contributed by atoms with Gasteiger partial charge < -0.3 is 9.84 Å². The molecule has 0 aliphatic heterocycles. The van der Waals surface area contributed by atoms with Gasteiger partial charge in [0.15, 0.2) is 0 Å². The molecule has 0 spiro atoms. The maximum atomic E-state index is 11.9. The highest BCUT2D eigenvalue weighted by Crippen LogP contribution is 2.62. The van der Waals surface area contributed by atoms with Gasteiger partial charge in [0.2, 0.25) is 0 Å². The van der Waals surface area contributed by atoms with Crippen LogP contribution in [0.25, 0.3) is 0 Å². The van der Waals surface area contributed by atoms with Crippen LogP contribution in [0.2, 0.25) is 0 Å². The summed E-state index contributed by atoms with van der Waals surface area (Å²) in [5, 5.41) is 10.1. The van der Waals surface area contributed by atoms with Gasteiger partial charge in [0.05, 0.1) is 6.10 Å². The molecule has 6 atom stereocenters. The molecule has 0 aromatic rings. The summed E-state index contributed by atoms with van der Waals surface area (Å²) >= 11 is 0. The van der Waals surface area contributed by atoms with Gasteiger partial charge in [-0.05, 0) is 62.7 Å². The number of hydrogen-bond acceptors (Lipinski definition) is 3. The van der Waals surface area contributed by atoms with Crippen molar-refractivity contribution in [3.8, 4) is 0 Å². The minimum absolute atomic E-state index is 0.115. The lowest BCUT2D eigenvalue weighted by molar-refractivity contribution is -0.155. The molecule has 0 amide bonds. The SMILES string of the molecule is C=C(C)C(=O)OC1(CC)CC2C3CC(O)C(C3)C2C1. The minimum Gasteiger partial charge on any atom is -0.456 e. The Balaban J connectivity index is 1.76. The lowest BCUT2D eigenvalue weighted by atomic mass is 9.80. The molecule has 6 unspecified atom stereocenters. The minimum atomic E-state index is -0.299. The molecule has 2 bridgehead atoms. The number of aliphatic hydroxyl groups is 1. The van der Waals surface area contributed by atoms with Gasteiger partial charge in [0, 0.05) is 5.57 Å². The summed E-state index contributed by atoms with van der Waals surface area (Å²) in [4.78, 5) is 11.9. The summed E-state index contributed by atoms with van der Waals surface area (Å²) in [5.74, 6) is 2.07. The van der Waals surface area contributed by atoms with E-state index in [1.54, 1.807) is 6.92 Å². The summed E-state index contributed by atoms with van der Waals surface area (Å²) in [5.41, 5.74) is 0.180. The van der Waals surface area contributed by atoms with E-state index in [9.17, 15) is 9.90 Å². The predicted molar refractivity (Wildman–Crippen MR) is 72.4 cm³/mol. The Morgan fingerprint density at radius 3 is 2.63 bits per heavy atom. The first-order valence-electron chi connectivity index (χ1n) is 7.52. The molecule has 3 aliphatic carbocycles. The van der Waals surface area contributed by atoms with Crippen molar-refractivity contribution < 1.29 is 14.6 Å². The van der Waals surface area contributed by atoms with Crippen LogP contribution < -0.4 is 0 Å². The van der Waals surface area contributed by atoms with E-state index in [4.69, 9.17) is 4.74 Å². The Bertz CT molecular complexity index is 416. The highest BCUT2D eigenvalue weighted by atomic mass is 16.6. The molecule has 3 saturated carbocycles. The highest BCUT2D eigenvalue weighted by molar-refractivity contribution is 5.87. The number of esters is 1. The number of ether oxygens (including phenoxy) is 1. The molecule has 0 aromatic heterocycles. The average Bonchev–Trinajstić information content (AvgIpc) is 2.98. The van der Waals surface area contributed by atoms with Crippen molar-refractivity contribution in [3.05, 3.63) is 12.2 Å². The third-order valence-electron chi connectivity index (χ3n) is 5.84. The molecule has 0 heterocycles. The van der Waals surface area contributed by atoms with E-state index in [1.165, 1.54) is 6.42 Å². The molecule has 19 heavy (non-hydrogen) atoms. The topological polar surface area (TPSA) is 46.5 Å². The number of carbonyl (C=O) groups is 1. The molecule has 1 N–H and O–H groups in total. The normalized spacial score (nSPS) is 47.2. The summed E-state index contributed by atoms with van der Waals surface area (Å²) in [7, 11) is 0. The van der Waals surface area contributed by atoms with Crippen LogP contribution in [0.3, 0.4) is 0 Å². The van der Waals surface area contributed by atoms with Gasteiger partial charge in [0.1, 0.15) is 5.60 Å². The predicted octanol–water partition coefficient (Wildman–Crippen LogP) is 2.68. The number of carbonyl (C=O) groups excluding carboxylic acids is 1. The fourth-order valence-electron chi connectivity index (χ4n) is 4.86. The van der Waals surface area contributed by atoms with Crippen molar-refractivity contribution in [2.45, 2.75) is 57.7 Å². The second-order valence-electron chi connectivity index (χ2n) is 6.91. The maximum Gasteiger partial charge on any atom is 0.333 e. The van der Waals surface area contributed by atoms with E-state index in [0.717, 1.165) is 25.7 Å². The quantitative estimate of drug-likeness (QED) is 0.629. The molecule has 106 valence electrons. The van der Waals surface area contributed by atoms with Crippen LogP contribution in [-0.4, -0.2) is 22.8 Å². The maximum absolute atomic E-state index is 11.9. The van der Waals surface area contributed by atoms with Crippen LogP contribution in [0.15, 0.2) is 12.2 Å². The molecule has 3 heteroatoms. The fourth-order valence-corrected chi connectivity index (χ4v) is 4.86. The molecule has 3 rings (SSSR count). The van der Waals surface area contributed by atoms with Gasteiger partial charge in [-0.15, -0.1) is 0 Å². The smallest absolute Gasteiger partial charge is 0.333 e. The van der Waals surface area contributed by atoms with Gasteiger partial charge in [0.25, 0.3) is 0 Å². The van der Waals surface area contributed by atoms with E-state index >= 15 is 0 Å². The van der Waals surface area contributed by atoms with E-state index in [-0.39, 0.29) is 17.7 Å². The molecular weight excluding hydrogens is 240 g/mol. The van der Waals surface area contributed by atoms with Crippen LogP contribution in [-0.2, 0) is 9.53 Å². The van der Waals surface area contributed by atoms with Crippen LogP contribution in [0.1, 0.15) is 46.0 Å². The van der Waals surface area contributed by atoms with Crippen molar-refractivity contribution in [1.82, 2.24) is 0 Å². The lowest BCUT2D eigenvalue weighted by Crippen LogP contribution is -2.33. The van der Waals surface area contributed by atoms with E-state index < -0.39 is 0 Å². The molecule has 3 nitrogen and oxygen atoms in total. The van der Waals surface area contributed by atoms with Gasteiger partial charge in [-0.25, -0.2) is 4.79 Å². The monoisotopic (exact) mass is 264 g/mol. The van der Waals surface area contributed by atoms with E-state index in [0.29, 0.717) is 29.2 Å². The standard InChI is InChI=1S/C16H24O3/c1-4-16(19-15(18)9(2)3)7-12-10-5-11(13(12)8-16)14(17)6-10/h10-14,17H,2,4-8H2,1,3H3. The van der Waals surface area contributed by atoms with Gasteiger partial charge in [-0.3, -0.25) is 0 Å². The van der Waals surface area contributed by atoms with Gasteiger partial charge in [-0.1, -0.05) is 13.5 Å². The largest absolute Gasteiger partial charge is 0.456 e. The Hall–Kier alpha value is -0.830. The Morgan fingerprint density at radius 2 is 2.00 bits per heavy atom. The third-order valence-corrected chi connectivity index (χ3v) is 5.84. The molecule has 0 radical (unpaired) electrons. The summed E-state index contributed by atoms with van der Waals surface area (Å²) in [6.45, 7) is 7.48. The Labute approximate surface area is 115 Å². The summed E-state index contributed by atoms with van der Waals surface area (Å²) < 4.78 is 5.79. The van der Waals surface area contributed by atoms with Crippen molar-refractivity contribution in [2.75, 3.05) is 0 Å². The van der Waals surface area contributed by atoms with Crippen LogP contribution >= 0.6 is 0 Å². The molecule has 0 saturated heterocycles. The second-order valence-corrected chi connectivity index (χ2v) is 6.91. The second kappa shape index (κ2) is 4.34. The van der Waals surface area contributed by atoms with Crippen molar-refractivity contribution in [1.29, 1.82) is 0 Å².